The average Bonchev–Trinajstić information content (AvgIpc) is 2.65. The Labute approximate surface area is 147 Å². The zero-order chi connectivity index (χ0) is 18.1. The lowest BCUT2D eigenvalue weighted by molar-refractivity contribution is -0.117. The van der Waals surface area contributed by atoms with Crippen LogP contribution in [0.25, 0.3) is 6.08 Å². The number of nitrogens with one attached hydrogen (secondary N) is 1. The van der Waals surface area contributed by atoms with Crippen molar-refractivity contribution < 1.29 is 19.4 Å². The van der Waals surface area contributed by atoms with Crippen LogP contribution in [0.5, 0.6) is 11.5 Å². The molecule has 6 heteroatoms. The molecule has 0 spiro atoms. The summed E-state index contributed by atoms with van der Waals surface area (Å²) in [6, 6.07) is 8.90. The standard InChI is InChI=1S/C19H22N2O4/c1-14(21-19(23)8-5-15-4-3-9-20-13-15)16-6-7-17(25-11-10-22)18(12-16)24-2/h3-9,12-14,22H,10-11H2,1-2H3,(H,21,23). The van der Waals surface area contributed by atoms with Gasteiger partial charge in [-0.25, -0.2) is 0 Å². The van der Waals surface area contributed by atoms with Crippen LogP contribution in [0.1, 0.15) is 24.1 Å². The topological polar surface area (TPSA) is 80.7 Å². The Morgan fingerprint density at radius 1 is 1.36 bits per heavy atom. The average molecular weight is 342 g/mol. The SMILES string of the molecule is COc1cc(C(C)NC(=O)C=Cc2cccnc2)ccc1OCCO. The first kappa shape index (κ1) is 18.5. The van der Waals surface area contributed by atoms with Crippen molar-refractivity contribution in [3.63, 3.8) is 0 Å². The number of amides is 1. The highest BCUT2D eigenvalue weighted by Gasteiger charge is 2.12. The molecule has 2 rings (SSSR count). The van der Waals surface area contributed by atoms with Crippen molar-refractivity contribution in [2.24, 2.45) is 0 Å². The summed E-state index contributed by atoms with van der Waals surface area (Å²) in [5.41, 5.74) is 1.74. The molecule has 132 valence electrons. The fourth-order valence-electron chi connectivity index (χ4n) is 2.22. The highest BCUT2D eigenvalue weighted by Crippen LogP contribution is 2.30. The maximum Gasteiger partial charge on any atom is 0.244 e. The minimum absolute atomic E-state index is 0.0688. The Bertz CT molecular complexity index is 717. The minimum atomic E-state index is -0.202. The lowest BCUT2D eigenvalue weighted by atomic mass is 10.1. The van der Waals surface area contributed by atoms with Crippen molar-refractivity contribution in [1.29, 1.82) is 0 Å². The van der Waals surface area contributed by atoms with Gasteiger partial charge in [-0.1, -0.05) is 12.1 Å². The number of carbonyl (C=O) groups excluding carboxylic acids is 1. The van der Waals surface area contributed by atoms with Gasteiger partial charge < -0.3 is 19.9 Å². The van der Waals surface area contributed by atoms with Crippen molar-refractivity contribution in [1.82, 2.24) is 10.3 Å². The third-order valence-electron chi connectivity index (χ3n) is 3.51. The van der Waals surface area contributed by atoms with E-state index < -0.39 is 0 Å². The predicted octanol–water partition coefficient (Wildman–Crippen LogP) is 2.35. The zero-order valence-electron chi connectivity index (χ0n) is 14.3. The van der Waals surface area contributed by atoms with E-state index in [1.54, 1.807) is 31.6 Å². The van der Waals surface area contributed by atoms with Crippen LogP contribution in [-0.2, 0) is 4.79 Å². The highest BCUT2D eigenvalue weighted by molar-refractivity contribution is 5.91. The van der Waals surface area contributed by atoms with Crippen LogP contribution in [0, 0.1) is 0 Å². The summed E-state index contributed by atoms with van der Waals surface area (Å²) in [6.07, 6.45) is 6.55. The number of carbonyl (C=O) groups is 1. The lowest BCUT2D eigenvalue weighted by Crippen LogP contribution is -2.24. The fraction of sp³-hybridized carbons (Fsp3) is 0.263. The molecule has 0 bridgehead atoms. The largest absolute Gasteiger partial charge is 0.493 e. The summed E-state index contributed by atoms with van der Waals surface area (Å²) in [6.45, 7) is 2.01. The van der Waals surface area contributed by atoms with Crippen LogP contribution in [0.3, 0.4) is 0 Å². The summed E-state index contributed by atoms with van der Waals surface area (Å²) >= 11 is 0. The van der Waals surface area contributed by atoms with Crippen molar-refractivity contribution in [3.8, 4) is 11.5 Å². The molecular weight excluding hydrogens is 320 g/mol. The smallest absolute Gasteiger partial charge is 0.244 e. The van der Waals surface area contributed by atoms with Gasteiger partial charge in [-0.3, -0.25) is 9.78 Å². The van der Waals surface area contributed by atoms with E-state index in [9.17, 15) is 4.79 Å². The second-order valence-corrected chi connectivity index (χ2v) is 5.33. The van der Waals surface area contributed by atoms with E-state index in [0.29, 0.717) is 11.5 Å². The van der Waals surface area contributed by atoms with Gasteiger partial charge in [0.25, 0.3) is 0 Å². The second kappa shape index (κ2) is 9.44. The van der Waals surface area contributed by atoms with Crippen molar-refractivity contribution in [3.05, 3.63) is 59.9 Å². The summed E-state index contributed by atoms with van der Waals surface area (Å²) in [5.74, 6) is 0.907. The van der Waals surface area contributed by atoms with Gasteiger partial charge in [-0.15, -0.1) is 0 Å². The van der Waals surface area contributed by atoms with Gasteiger partial charge >= 0.3 is 0 Å². The first-order valence-electron chi connectivity index (χ1n) is 7.94. The number of pyridine rings is 1. The molecule has 0 saturated heterocycles. The summed E-state index contributed by atoms with van der Waals surface area (Å²) < 4.78 is 10.7. The molecule has 1 unspecified atom stereocenters. The molecule has 1 heterocycles. The Hall–Kier alpha value is -2.86. The summed E-state index contributed by atoms with van der Waals surface area (Å²) in [7, 11) is 1.55. The first-order chi connectivity index (χ1) is 12.1. The van der Waals surface area contributed by atoms with E-state index in [0.717, 1.165) is 11.1 Å². The van der Waals surface area contributed by atoms with Crippen LogP contribution in [0.15, 0.2) is 48.8 Å². The quantitative estimate of drug-likeness (QED) is 0.720. The molecule has 6 nitrogen and oxygen atoms in total. The Morgan fingerprint density at radius 3 is 2.88 bits per heavy atom. The fourth-order valence-corrected chi connectivity index (χ4v) is 2.22. The molecule has 0 aliphatic carbocycles. The van der Waals surface area contributed by atoms with E-state index in [1.165, 1.54) is 6.08 Å². The third-order valence-corrected chi connectivity index (χ3v) is 3.51. The molecule has 0 aliphatic heterocycles. The molecule has 2 aromatic rings. The van der Waals surface area contributed by atoms with Crippen molar-refractivity contribution in [2.75, 3.05) is 20.3 Å². The van der Waals surface area contributed by atoms with E-state index in [-0.39, 0.29) is 25.2 Å². The number of methoxy groups -OCH3 is 1. The van der Waals surface area contributed by atoms with E-state index in [4.69, 9.17) is 14.6 Å². The van der Waals surface area contributed by atoms with Gasteiger partial charge in [0, 0.05) is 18.5 Å². The number of hydrogen-bond acceptors (Lipinski definition) is 5. The molecule has 0 fully saturated rings. The molecular formula is C19H22N2O4. The molecule has 1 aromatic carbocycles. The van der Waals surface area contributed by atoms with Crippen LogP contribution >= 0.6 is 0 Å². The molecule has 1 amide bonds. The maximum atomic E-state index is 12.1. The van der Waals surface area contributed by atoms with Crippen molar-refractivity contribution in [2.45, 2.75) is 13.0 Å². The zero-order valence-corrected chi connectivity index (χ0v) is 14.3. The lowest BCUT2D eigenvalue weighted by Gasteiger charge is -2.16. The van der Waals surface area contributed by atoms with E-state index in [1.807, 2.05) is 31.2 Å². The summed E-state index contributed by atoms with van der Waals surface area (Å²) in [4.78, 5) is 16.1. The number of rotatable bonds is 8. The molecule has 2 N–H and O–H groups in total. The molecule has 0 radical (unpaired) electrons. The number of aliphatic hydroxyl groups excluding tert-OH is 1. The third kappa shape index (κ3) is 5.61. The molecule has 1 aromatic heterocycles. The monoisotopic (exact) mass is 342 g/mol. The molecule has 0 aliphatic rings. The van der Waals surface area contributed by atoms with Gasteiger partial charge in [-0.05, 0) is 42.3 Å². The Morgan fingerprint density at radius 2 is 2.20 bits per heavy atom. The number of benzene rings is 1. The Kier molecular flexibility index (Phi) is 6.98. The second-order valence-electron chi connectivity index (χ2n) is 5.33. The van der Waals surface area contributed by atoms with Gasteiger partial charge in [0.1, 0.15) is 6.61 Å². The van der Waals surface area contributed by atoms with E-state index in [2.05, 4.69) is 10.3 Å². The number of hydrogen-bond donors (Lipinski definition) is 2. The van der Waals surface area contributed by atoms with Crippen LogP contribution in [0.4, 0.5) is 0 Å². The van der Waals surface area contributed by atoms with Crippen LogP contribution < -0.4 is 14.8 Å². The van der Waals surface area contributed by atoms with Crippen LogP contribution in [-0.4, -0.2) is 36.3 Å². The van der Waals surface area contributed by atoms with E-state index >= 15 is 0 Å². The summed E-state index contributed by atoms with van der Waals surface area (Å²) in [5, 5.41) is 11.7. The predicted molar refractivity (Wildman–Crippen MR) is 95.4 cm³/mol. The van der Waals surface area contributed by atoms with Crippen molar-refractivity contribution >= 4 is 12.0 Å². The normalized spacial score (nSPS) is 12.0. The Balaban J connectivity index is 2.01. The van der Waals surface area contributed by atoms with Gasteiger partial charge in [0.2, 0.25) is 5.91 Å². The number of ether oxygens (including phenoxy) is 2. The maximum absolute atomic E-state index is 12.1. The van der Waals surface area contributed by atoms with Gasteiger partial charge in [0.05, 0.1) is 19.8 Å². The minimum Gasteiger partial charge on any atom is -0.493 e. The molecule has 25 heavy (non-hydrogen) atoms. The molecule has 1 atom stereocenters. The van der Waals surface area contributed by atoms with Crippen LogP contribution in [0.2, 0.25) is 0 Å². The molecule has 0 saturated carbocycles. The number of nitrogens with zero attached hydrogens (tertiary/aromatic N) is 1. The number of aromatic nitrogens is 1. The first-order valence-corrected chi connectivity index (χ1v) is 7.94. The van der Waals surface area contributed by atoms with Gasteiger partial charge in [-0.2, -0.15) is 0 Å². The highest BCUT2D eigenvalue weighted by atomic mass is 16.5. The van der Waals surface area contributed by atoms with Gasteiger partial charge in [0.15, 0.2) is 11.5 Å². The number of aliphatic hydroxyl groups is 1.